The number of urea groups is 1. The molecule has 0 atom stereocenters. The molecule has 3 amide bonds. The van der Waals surface area contributed by atoms with E-state index in [-0.39, 0.29) is 36.0 Å². The van der Waals surface area contributed by atoms with Gasteiger partial charge in [0.1, 0.15) is 11.3 Å². The maximum absolute atomic E-state index is 11.7. The molecular weight excluding hydrogens is 314 g/mol. The zero-order chi connectivity index (χ0) is 17.9. The number of benzene rings is 1. The van der Waals surface area contributed by atoms with E-state index in [2.05, 4.69) is 16.0 Å². The molecule has 0 bridgehead atoms. The highest BCUT2D eigenvalue weighted by molar-refractivity contribution is 5.95. The highest BCUT2D eigenvalue weighted by Crippen LogP contribution is 2.21. The first-order valence-electron chi connectivity index (χ1n) is 7.47. The molecule has 0 aliphatic heterocycles. The molecule has 130 valence electrons. The molecule has 1 rings (SSSR count). The van der Waals surface area contributed by atoms with Crippen LogP contribution in [-0.2, 0) is 4.79 Å². The Hall–Kier alpha value is -3.03. The zero-order valence-electron chi connectivity index (χ0n) is 13.3. The number of hydrogen-bond donors (Lipinski definition) is 5. The predicted molar refractivity (Wildman–Crippen MR) is 89.1 cm³/mol. The van der Waals surface area contributed by atoms with Crippen LogP contribution >= 0.6 is 0 Å². The largest absolute Gasteiger partial charge is 0.507 e. The van der Waals surface area contributed by atoms with E-state index >= 15 is 0 Å². The quantitative estimate of drug-likeness (QED) is 0.280. The van der Waals surface area contributed by atoms with Crippen molar-refractivity contribution in [3.63, 3.8) is 0 Å². The SMILES string of the molecule is CC/C=C\CC(=O)NCCNC(=O)Nc1ccc(O)c(C(=O)O)c1. The molecule has 0 saturated heterocycles. The van der Waals surface area contributed by atoms with Crippen LogP contribution in [0.1, 0.15) is 30.1 Å². The molecule has 0 spiro atoms. The standard InChI is InChI=1S/C16H21N3O5/c1-2-3-4-5-14(21)17-8-9-18-16(24)19-11-6-7-13(20)12(10-11)15(22)23/h3-4,6-7,10,20H,2,5,8-9H2,1H3,(H,17,21)(H,22,23)(H2,18,19,24)/b4-3-. The third-order valence-corrected chi connectivity index (χ3v) is 2.92. The highest BCUT2D eigenvalue weighted by Gasteiger charge is 2.11. The minimum atomic E-state index is -1.30. The van der Waals surface area contributed by atoms with Gasteiger partial charge in [0, 0.05) is 25.2 Å². The van der Waals surface area contributed by atoms with Crippen LogP contribution in [0.5, 0.6) is 5.75 Å². The second kappa shape index (κ2) is 9.88. The Morgan fingerprint density at radius 1 is 1.12 bits per heavy atom. The van der Waals surface area contributed by atoms with Crippen molar-refractivity contribution in [2.45, 2.75) is 19.8 Å². The second-order valence-corrected chi connectivity index (χ2v) is 4.85. The van der Waals surface area contributed by atoms with E-state index < -0.39 is 12.0 Å². The molecule has 1 aromatic rings. The van der Waals surface area contributed by atoms with Gasteiger partial charge in [-0.25, -0.2) is 9.59 Å². The molecule has 1 aromatic carbocycles. The van der Waals surface area contributed by atoms with Gasteiger partial charge in [0.25, 0.3) is 0 Å². The Morgan fingerprint density at radius 2 is 1.83 bits per heavy atom. The van der Waals surface area contributed by atoms with Crippen LogP contribution in [0.4, 0.5) is 10.5 Å². The van der Waals surface area contributed by atoms with E-state index in [0.29, 0.717) is 6.42 Å². The first-order valence-corrected chi connectivity index (χ1v) is 7.47. The number of carbonyl (C=O) groups excluding carboxylic acids is 2. The zero-order valence-corrected chi connectivity index (χ0v) is 13.3. The number of carboxylic acids is 1. The Bertz CT molecular complexity index is 628. The van der Waals surface area contributed by atoms with E-state index in [1.54, 1.807) is 6.08 Å². The van der Waals surface area contributed by atoms with Gasteiger partial charge in [0.2, 0.25) is 5.91 Å². The fraction of sp³-hybridized carbons (Fsp3) is 0.312. The van der Waals surface area contributed by atoms with E-state index in [0.717, 1.165) is 12.5 Å². The summed E-state index contributed by atoms with van der Waals surface area (Å²) in [6.07, 6.45) is 4.84. The van der Waals surface area contributed by atoms with Crippen molar-refractivity contribution >= 4 is 23.6 Å². The van der Waals surface area contributed by atoms with Crippen LogP contribution < -0.4 is 16.0 Å². The average Bonchev–Trinajstić information content (AvgIpc) is 2.53. The lowest BCUT2D eigenvalue weighted by Crippen LogP contribution is -2.36. The van der Waals surface area contributed by atoms with Gasteiger partial charge in [0.05, 0.1) is 0 Å². The monoisotopic (exact) mass is 335 g/mol. The topological polar surface area (TPSA) is 128 Å². The molecule has 0 aliphatic carbocycles. The number of anilines is 1. The average molecular weight is 335 g/mol. The molecule has 0 unspecified atom stereocenters. The van der Waals surface area contributed by atoms with Crippen molar-refractivity contribution in [2.75, 3.05) is 18.4 Å². The number of allylic oxidation sites excluding steroid dienone is 1. The third kappa shape index (κ3) is 6.82. The van der Waals surface area contributed by atoms with E-state index in [1.807, 2.05) is 13.0 Å². The Morgan fingerprint density at radius 3 is 2.50 bits per heavy atom. The van der Waals surface area contributed by atoms with Crippen molar-refractivity contribution < 1.29 is 24.6 Å². The van der Waals surface area contributed by atoms with Crippen molar-refractivity contribution in [2.24, 2.45) is 0 Å². The van der Waals surface area contributed by atoms with Gasteiger partial charge >= 0.3 is 12.0 Å². The molecule has 0 heterocycles. The van der Waals surface area contributed by atoms with Crippen LogP contribution in [0, 0.1) is 0 Å². The van der Waals surface area contributed by atoms with Gasteiger partial charge in [-0.3, -0.25) is 4.79 Å². The lowest BCUT2D eigenvalue weighted by Gasteiger charge is -2.09. The number of nitrogens with one attached hydrogen (secondary N) is 3. The predicted octanol–water partition coefficient (Wildman–Crippen LogP) is 1.68. The normalized spacial score (nSPS) is 10.4. The first kappa shape index (κ1) is 19.0. The van der Waals surface area contributed by atoms with E-state index in [4.69, 9.17) is 5.11 Å². The Labute approximate surface area is 139 Å². The molecule has 0 radical (unpaired) electrons. The number of rotatable bonds is 8. The number of aromatic carboxylic acids is 1. The molecule has 8 heteroatoms. The van der Waals surface area contributed by atoms with Gasteiger partial charge < -0.3 is 26.2 Å². The van der Waals surface area contributed by atoms with Gasteiger partial charge in [-0.15, -0.1) is 0 Å². The van der Waals surface area contributed by atoms with Gasteiger partial charge in [-0.1, -0.05) is 19.1 Å². The summed E-state index contributed by atoms with van der Waals surface area (Å²) in [4.78, 5) is 34.0. The van der Waals surface area contributed by atoms with Crippen LogP contribution in [0.2, 0.25) is 0 Å². The van der Waals surface area contributed by atoms with Crippen LogP contribution in [0.15, 0.2) is 30.4 Å². The minimum absolute atomic E-state index is 0.133. The molecule has 0 fully saturated rings. The highest BCUT2D eigenvalue weighted by atomic mass is 16.4. The molecule has 0 aromatic heterocycles. The lowest BCUT2D eigenvalue weighted by molar-refractivity contribution is -0.120. The molecule has 5 N–H and O–H groups in total. The Kier molecular flexibility index (Phi) is 7.83. The summed E-state index contributed by atoms with van der Waals surface area (Å²) in [5.41, 5.74) is -0.0726. The number of aromatic hydroxyl groups is 1. The van der Waals surface area contributed by atoms with Crippen molar-refractivity contribution in [3.05, 3.63) is 35.9 Å². The molecule has 0 aliphatic rings. The van der Waals surface area contributed by atoms with Crippen LogP contribution in [0.3, 0.4) is 0 Å². The summed E-state index contributed by atoms with van der Waals surface area (Å²) in [7, 11) is 0. The number of phenols is 1. The summed E-state index contributed by atoms with van der Waals surface area (Å²) in [5.74, 6) is -1.81. The van der Waals surface area contributed by atoms with E-state index in [1.165, 1.54) is 12.1 Å². The summed E-state index contributed by atoms with van der Waals surface area (Å²) in [6, 6.07) is 3.17. The van der Waals surface area contributed by atoms with Crippen molar-refractivity contribution in [1.82, 2.24) is 10.6 Å². The molecule has 24 heavy (non-hydrogen) atoms. The fourth-order valence-electron chi connectivity index (χ4n) is 1.77. The number of carboxylic acid groups (broad SMARTS) is 1. The number of carbonyl (C=O) groups is 3. The van der Waals surface area contributed by atoms with Gasteiger partial charge in [0.15, 0.2) is 0 Å². The van der Waals surface area contributed by atoms with Crippen LogP contribution in [-0.4, -0.2) is 41.2 Å². The van der Waals surface area contributed by atoms with Crippen molar-refractivity contribution in [1.29, 1.82) is 0 Å². The molecule has 8 nitrogen and oxygen atoms in total. The first-order chi connectivity index (χ1) is 11.4. The summed E-state index contributed by atoms with van der Waals surface area (Å²) >= 11 is 0. The second-order valence-electron chi connectivity index (χ2n) is 4.85. The Balaban J connectivity index is 2.34. The van der Waals surface area contributed by atoms with Crippen molar-refractivity contribution in [3.8, 4) is 5.75 Å². The smallest absolute Gasteiger partial charge is 0.339 e. The van der Waals surface area contributed by atoms with Gasteiger partial charge in [-0.2, -0.15) is 0 Å². The number of hydrogen-bond acceptors (Lipinski definition) is 4. The lowest BCUT2D eigenvalue weighted by atomic mass is 10.2. The molecular formula is C16H21N3O5. The fourth-order valence-corrected chi connectivity index (χ4v) is 1.77. The number of amides is 3. The summed E-state index contributed by atoms with van der Waals surface area (Å²) in [5, 5.41) is 25.9. The third-order valence-electron chi connectivity index (χ3n) is 2.92. The summed E-state index contributed by atoms with van der Waals surface area (Å²) < 4.78 is 0. The minimum Gasteiger partial charge on any atom is -0.507 e. The maximum atomic E-state index is 11.7. The summed E-state index contributed by atoms with van der Waals surface area (Å²) in [6.45, 7) is 2.48. The van der Waals surface area contributed by atoms with Gasteiger partial charge in [-0.05, 0) is 24.6 Å². The van der Waals surface area contributed by atoms with E-state index in [9.17, 15) is 19.5 Å². The van der Waals surface area contributed by atoms with Crippen LogP contribution in [0.25, 0.3) is 0 Å². The molecule has 0 saturated carbocycles. The maximum Gasteiger partial charge on any atom is 0.339 e.